The Hall–Kier alpha value is -2.89. The van der Waals surface area contributed by atoms with Crippen LogP contribution >= 0.6 is 0 Å². The van der Waals surface area contributed by atoms with E-state index in [9.17, 15) is 9.59 Å². The van der Waals surface area contributed by atoms with E-state index in [0.29, 0.717) is 43.0 Å². The van der Waals surface area contributed by atoms with Gasteiger partial charge in [-0.25, -0.2) is 9.78 Å². The Bertz CT molecular complexity index is 737. The van der Waals surface area contributed by atoms with E-state index in [1.54, 1.807) is 12.1 Å². The third kappa shape index (κ3) is 7.90. The number of benzene rings is 1. The number of nitrogens with one attached hydrogen (secondary N) is 1. The number of alkyl carbamates (subject to hydrolysis) is 1. The summed E-state index contributed by atoms with van der Waals surface area (Å²) < 4.78 is 10.8. The average Bonchev–Trinajstić information content (AvgIpc) is 2.61. The van der Waals surface area contributed by atoms with Crippen LogP contribution in [0.5, 0.6) is 11.6 Å². The molecule has 6 heteroatoms. The third-order valence-electron chi connectivity index (χ3n) is 3.52. The molecule has 1 aromatic carbocycles. The molecule has 1 N–H and O–H groups in total. The molecule has 0 unspecified atom stereocenters. The molecule has 2 aromatic rings. The molecule has 0 spiro atoms. The summed E-state index contributed by atoms with van der Waals surface area (Å²) in [5.74, 6) is 1.16. The minimum Gasteiger partial charge on any atom is -0.444 e. The summed E-state index contributed by atoms with van der Waals surface area (Å²) in [4.78, 5) is 27.9. The van der Waals surface area contributed by atoms with Crippen LogP contribution in [0, 0.1) is 0 Å². The molecule has 1 aromatic heterocycles. The van der Waals surface area contributed by atoms with Crippen molar-refractivity contribution in [3.8, 4) is 11.6 Å². The molecule has 0 aliphatic rings. The standard InChI is InChI=1S/C21H26N2O4/c1-21(2,3)27-20(25)22-14-8-7-11-18(24)16-12-13-19(23-15-16)26-17-9-5-4-6-10-17/h4-6,9-10,12-13,15H,7-8,11,14H2,1-3H3,(H,22,25). The predicted octanol–water partition coefficient (Wildman–Crippen LogP) is 4.75. The van der Waals surface area contributed by atoms with E-state index in [2.05, 4.69) is 10.3 Å². The summed E-state index contributed by atoms with van der Waals surface area (Å²) >= 11 is 0. The number of ether oxygens (including phenoxy) is 2. The summed E-state index contributed by atoms with van der Waals surface area (Å²) in [7, 11) is 0. The van der Waals surface area contributed by atoms with Crippen LogP contribution in [0.2, 0.25) is 0 Å². The predicted molar refractivity (Wildman–Crippen MR) is 103 cm³/mol. The fourth-order valence-electron chi connectivity index (χ4n) is 2.27. The zero-order valence-corrected chi connectivity index (χ0v) is 16.0. The van der Waals surface area contributed by atoms with Gasteiger partial charge in [0.25, 0.3) is 0 Å². The molecule has 27 heavy (non-hydrogen) atoms. The van der Waals surface area contributed by atoms with Crippen LogP contribution in [0.3, 0.4) is 0 Å². The molecule has 1 heterocycles. The van der Waals surface area contributed by atoms with Crippen molar-refractivity contribution >= 4 is 11.9 Å². The second kappa shape index (κ2) is 9.71. The molecule has 0 saturated heterocycles. The van der Waals surface area contributed by atoms with Crippen molar-refractivity contribution in [3.05, 3.63) is 54.2 Å². The largest absolute Gasteiger partial charge is 0.444 e. The monoisotopic (exact) mass is 370 g/mol. The van der Waals surface area contributed by atoms with Crippen molar-refractivity contribution in [2.24, 2.45) is 0 Å². The van der Waals surface area contributed by atoms with Gasteiger partial charge in [-0.3, -0.25) is 4.79 Å². The van der Waals surface area contributed by atoms with Gasteiger partial charge >= 0.3 is 6.09 Å². The second-order valence-electron chi connectivity index (χ2n) is 7.11. The molecule has 0 fully saturated rings. The van der Waals surface area contributed by atoms with Crippen molar-refractivity contribution in [1.29, 1.82) is 0 Å². The Morgan fingerprint density at radius 2 is 1.78 bits per heavy atom. The van der Waals surface area contributed by atoms with E-state index in [1.165, 1.54) is 6.20 Å². The summed E-state index contributed by atoms with van der Waals surface area (Å²) in [6, 6.07) is 12.7. The van der Waals surface area contributed by atoms with E-state index >= 15 is 0 Å². The number of hydrogen-bond acceptors (Lipinski definition) is 5. The number of rotatable bonds is 8. The highest BCUT2D eigenvalue weighted by molar-refractivity contribution is 5.95. The molecule has 0 atom stereocenters. The van der Waals surface area contributed by atoms with Gasteiger partial charge < -0.3 is 14.8 Å². The Balaban J connectivity index is 1.69. The van der Waals surface area contributed by atoms with Crippen LogP contribution in [-0.4, -0.2) is 29.0 Å². The van der Waals surface area contributed by atoms with Gasteiger partial charge in [-0.1, -0.05) is 18.2 Å². The zero-order chi connectivity index (χ0) is 19.7. The van der Waals surface area contributed by atoms with E-state index in [1.807, 2.05) is 51.1 Å². The molecule has 6 nitrogen and oxygen atoms in total. The fraction of sp³-hybridized carbons (Fsp3) is 0.381. The first-order valence-electron chi connectivity index (χ1n) is 9.02. The maximum atomic E-state index is 12.2. The molecule has 0 saturated carbocycles. The molecule has 144 valence electrons. The average molecular weight is 370 g/mol. The lowest BCUT2D eigenvalue weighted by molar-refractivity contribution is 0.0527. The number of aromatic nitrogens is 1. The third-order valence-corrected chi connectivity index (χ3v) is 3.52. The molecular weight excluding hydrogens is 344 g/mol. The molecule has 1 amide bonds. The highest BCUT2D eigenvalue weighted by atomic mass is 16.6. The minimum atomic E-state index is -0.510. The van der Waals surface area contributed by atoms with Crippen LogP contribution in [0.4, 0.5) is 4.79 Å². The quantitative estimate of drug-likeness (QED) is 0.536. The van der Waals surface area contributed by atoms with Gasteiger partial charge in [-0.15, -0.1) is 0 Å². The lowest BCUT2D eigenvalue weighted by Crippen LogP contribution is -2.33. The number of ketones is 1. The molecule has 0 radical (unpaired) electrons. The normalized spacial score (nSPS) is 10.9. The van der Waals surface area contributed by atoms with Crippen LogP contribution in [0.15, 0.2) is 48.7 Å². The summed E-state index contributed by atoms with van der Waals surface area (Å²) in [5, 5.41) is 2.68. The number of hydrogen-bond donors (Lipinski definition) is 1. The second-order valence-corrected chi connectivity index (χ2v) is 7.11. The Morgan fingerprint density at radius 1 is 1.04 bits per heavy atom. The van der Waals surface area contributed by atoms with Gasteiger partial charge in [-0.05, 0) is 51.8 Å². The summed E-state index contributed by atoms with van der Waals surface area (Å²) in [6.07, 6.45) is 2.87. The molecule has 0 aliphatic carbocycles. The number of pyridine rings is 1. The number of Topliss-reactive ketones (excluding diaryl/α,β-unsaturated/α-hetero) is 1. The Morgan fingerprint density at radius 3 is 2.41 bits per heavy atom. The maximum absolute atomic E-state index is 12.2. The molecule has 0 aliphatic heterocycles. The lowest BCUT2D eigenvalue weighted by Gasteiger charge is -2.19. The van der Waals surface area contributed by atoms with Gasteiger partial charge in [0.2, 0.25) is 5.88 Å². The number of carbonyl (C=O) groups excluding carboxylic acids is 2. The number of amides is 1. The summed E-state index contributed by atoms with van der Waals surface area (Å²) in [6.45, 7) is 5.92. The van der Waals surface area contributed by atoms with Crippen molar-refractivity contribution in [1.82, 2.24) is 10.3 Å². The van der Waals surface area contributed by atoms with Crippen LogP contribution in [-0.2, 0) is 4.74 Å². The van der Waals surface area contributed by atoms with E-state index in [4.69, 9.17) is 9.47 Å². The Labute approximate surface area is 159 Å². The van der Waals surface area contributed by atoms with Gasteiger partial charge in [0.05, 0.1) is 0 Å². The first kappa shape index (κ1) is 20.4. The fourth-order valence-corrected chi connectivity index (χ4v) is 2.27. The minimum absolute atomic E-state index is 0.0195. The highest BCUT2D eigenvalue weighted by Gasteiger charge is 2.15. The molecule has 0 bridgehead atoms. The maximum Gasteiger partial charge on any atom is 0.407 e. The number of para-hydroxylation sites is 1. The molecule has 2 rings (SSSR count). The Kier molecular flexibility index (Phi) is 7.34. The van der Waals surface area contributed by atoms with E-state index in [-0.39, 0.29) is 5.78 Å². The van der Waals surface area contributed by atoms with E-state index < -0.39 is 11.7 Å². The summed E-state index contributed by atoms with van der Waals surface area (Å²) in [5.41, 5.74) is 0.0409. The first-order chi connectivity index (χ1) is 12.8. The zero-order valence-electron chi connectivity index (χ0n) is 16.0. The van der Waals surface area contributed by atoms with Crippen LogP contribution in [0.1, 0.15) is 50.4 Å². The van der Waals surface area contributed by atoms with Gasteiger partial charge in [-0.2, -0.15) is 0 Å². The van der Waals surface area contributed by atoms with Crippen molar-refractivity contribution in [2.75, 3.05) is 6.54 Å². The molecular formula is C21H26N2O4. The van der Waals surface area contributed by atoms with Crippen LogP contribution < -0.4 is 10.1 Å². The SMILES string of the molecule is CC(C)(C)OC(=O)NCCCCC(=O)c1ccc(Oc2ccccc2)nc1. The lowest BCUT2D eigenvalue weighted by atomic mass is 10.1. The van der Waals surface area contributed by atoms with E-state index in [0.717, 1.165) is 0 Å². The van der Waals surface area contributed by atoms with Crippen molar-refractivity contribution in [2.45, 2.75) is 45.6 Å². The smallest absolute Gasteiger partial charge is 0.407 e. The van der Waals surface area contributed by atoms with Crippen LogP contribution in [0.25, 0.3) is 0 Å². The number of nitrogens with zero attached hydrogens (tertiary/aromatic N) is 1. The topological polar surface area (TPSA) is 77.5 Å². The van der Waals surface area contributed by atoms with Gasteiger partial charge in [0.15, 0.2) is 5.78 Å². The first-order valence-corrected chi connectivity index (χ1v) is 9.02. The number of carbonyl (C=O) groups is 2. The number of unbranched alkanes of at least 4 members (excludes halogenated alkanes) is 1. The highest BCUT2D eigenvalue weighted by Crippen LogP contribution is 2.19. The van der Waals surface area contributed by atoms with Gasteiger partial charge in [0, 0.05) is 30.8 Å². The van der Waals surface area contributed by atoms with Gasteiger partial charge in [0.1, 0.15) is 11.4 Å². The van der Waals surface area contributed by atoms with Crippen molar-refractivity contribution < 1.29 is 19.1 Å². The van der Waals surface area contributed by atoms with Crippen molar-refractivity contribution in [3.63, 3.8) is 0 Å².